The number of carboxylic acids is 1. The second-order valence-corrected chi connectivity index (χ2v) is 4.66. The molecule has 0 bridgehead atoms. The highest BCUT2D eigenvalue weighted by molar-refractivity contribution is 5.94. The number of halogens is 3. The topological polar surface area (TPSA) is 66.4 Å². The maximum Gasteiger partial charge on any atom is 0.309 e. The van der Waals surface area contributed by atoms with Crippen LogP contribution in [0.1, 0.15) is 20.3 Å². The fourth-order valence-corrected chi connectivity index (χ4v) is 1.32. The third-order valence-electron chi connectivity index (χ3n) is 2.45. The number of anilines is 1. The quantitative estimate of drug-likeness (QED) is 0.830. The molecule has 0 aliphatic carbocycles. The molecule has 1 amide bonds. The minimum absolute atomic E-state index is 0.339. The predicted octanol–water partition coefficient (Wildman–Crippen LogP) is 2.54. The number of nitrogens with one attached hydrogen (secondary N) is 1. The maximum absolute atomic E-state index is 13.3. The van der Waals surface area contributed by atoms with Gasteiger partial charge in [0.2, 0.25) is 5.91 Å². The molecule has 1 aromatic rings. The van der Waals surface area contributed by atoms with Crippen molar-refractivity contribution in [1.82, 2.24) is 0 Å². The molecule has 104 valence electrons. The summed E-state index contributed by atoms with van der Waals surface area (Å²) in [5, 5.41) is 10.8. The van der Waals surface area contributed by atoms with Crippen LogP contribution in [0.15, 0.2) is 12.1 Å². The van der Waals surface area contributed by atoms with Gasteiger partial charge in [0.1, 0.15) is 5.82 Å². The van der Waals surface area contributed by atoms with E-state index in [0.29, 0.717) is 12.1 Å². The van der Waals surface area contributed by atoms with E-state index in [1.807, 2.05) is 5.32 Å². The lowest BCUT2D eigenvalue weighted by Gasteiger charge is -2.18. The highest BCUT2D eigenvalue weighted by Gasteiger charge is 2.30. The second-order valence-electron chi connectivity index (χ2n) is 4.66. The lowest BCUT2D eigenvalue weighted by atomic mass is 9.89. The molecule has 0 fully saturated rings. The first-order valence-corrected chi connectivity index (χ1v) is 5.31. The van der Waals surface area contributed by atoms with Gasteiger partial charge >= 0.3 is 5.97 Å². The molecule has 0 unspecified atom stereocenters. The van der Waals surface area contributed by atoms with Crippen molar-refractivity contribution < 1.29 is 27.9 Å². The van der Waals surface area contributed by atoms with Gasteiger partial charge in [-0.1, -0.05) is 0 Å². The molecule has 0 heterocycles. The van der Waals surface area contributed by atoms with Gasteiger partial charge < -0.3 is 10.4 Å². The Hall–Kier alpha value is -2.05. The summed E-state index contributed by atoms with van der Waals surface area (Å²) in [4.78, 5) is 22.3. The van der Waals surface area contributed by atoms with E-state index in [1.165, 1.54) is 13.8 Å². The van der Waals surface area contributed by atoms with Crippen LogP contribution in [0.3, 0.4) is 0 Å². The van der Waals surface area contributed by atoms with Gasteiger partial charge in [0.05, 0.1) is 11.1 Å². The van der Waals surface area contributed by atoms with Crippen LogP contribution in [-0.4, -0.2) is 17.0 Å². The molecule has 0 aromatic heterocycles. The van der Waals surface area contributed by atoms with E-state index in [2.05, 4.69) is 0 Å². The molecule has 0 aliphatic heterocycles. The summed E-state index contributed by atoms with van der Waals surface area (Å²) in [7, 11) is 0. The zero-order valence-corrected chi connectivity index (χ0v) is 10.3. The molecule has 0 aliphatic rings. The minimum atomic E-state index is -1.44. The molecular weight excluding hydrogens is 263 g/mol. The van der Waals surface area contributed by atoms with Crippen molar-refractivity contribution in [2.24, 2.45) is 5.41 Å². The number of rotatable bonds is 4. The van der Waals surface area contributed by atoms with Gasteiger partial charge in [-0.25, -0.2) is 13.2 Å². The predicted molar refractivity (Wildman–Crippen MR) is 61.0 cm³/mol. The van der Waals surface area contributed by atoms with E-state index in [9.17, 15) is 22.8 Å². The molecule has 7 heteroatoms. The van der Waals surface area contributed by atoms with Gasteiger partial charge in [-0.05, 0) is 13.8 Å². The van der Waals surface area contributed by atoms with Crippen LogP contribution in [-0.2, 0) is 9.59 Å². The Labute approximate surface area is 107 Å². The number of carbonyl (C=O) groups excluding carboxylic acids is 1. The Balaban J connectivity index is 2.87. The highest BCUT2D eigenvalue weighted by Crippen LogP contribution is 2.23. The summed E-state index contributed by atoms with van der Waals surface area (Å²) >= 11 is 0. The smallest absolute Gasteiger partial charge is 0.309 e. The Kier molecular flexibility index (Phi) is 4.18. The standard InChI is InChI=1S/C12H12F3NO3/c1-12(2,11(18)19)5-9(17)16-8-4-6(13)3-7(14)10(8)15/h3-4H,5H2,1-2H3,(H,16,17)(H,18,19). The monoisotopic (exact) mass is 275 g/mol. The van der Waals surface area contributed by atoms with Crippen molar-refractivity contribution in [1.29, 1.82) is 0 Å². The fraction of sp³-hybridized carbons (Fsp3) is 0.333. The summed E-state index contributed by atoms with van der Waals surface area (Å²) in [5.41, 5.74) is -2.03. The molecule has 4 nitrogen and oxygen atoms in total. The number of aliphatic carboxylic acids is 1. The van der Waals surface area contributed by atoms with Gasteiger partial charge in [0, 0.05) is 18.6 Å². The zero-order chi connectivity index (χ0) is 14.8. The van der Waals surface area contributed by atoms with Crippen molar-refractivity contribution in [3.05, 3.63) is 29.6 Å². The van der Waals surface area contributed by atoms with Crippen LogP contribution in [0.5, 0.6) is 0 Å². The van der Waals surface area contributed by atoms with Crippen molar-refractivity contribution >= 4 is 17.6 Å². The molecule has 2 N–H and O–H groups in total. The summed E-state index contributed by atoms with van der Waals surface area (Å²) in [6, 6.07) is 0.955. The molecular formula is C12H12F3NO3. The van der Waals surface area contributed by atoms with E-state index in [-0.39, 0.29) is 0 Å². The largest absolute Gasteiger partial charge is 0.481 e. The molecule has 0 spiro atoms. The molecule has 0 atom stereocenters. The van der Waals surface area contributed by atoms with Crippen LogP contribution in [0.4, 0.5) is 18.9 Å². The van der Waals surface area contributed by atoms with E-state index in [0.717, 1.165) is 0 Å². The number of benzene rings is 1. The van der Waals surface area contributed by atoms with Crippen LogP contribution < -0.4 is 5.32 Å². The van der Waals surface area contributed by atoms with Crippen molar-refractivity contribution in [3.63, 3.8) is 0 Å². The number of carboxylic acid groups (broad SMARTS) is 1. The molecule has 0 saturated carbocycles. The minimum Gasteiger partial charge on any atom is -0.481 e. The Bertz CT molecular complexity index is 529. The molecule has 1 rings (SSSR count). The van der Waals surface area contributed by atoms with Crippen molar-refractivity contribution in [2.75, 3.05) is 5.32 Å². The van der Waals surface area contributed by atoms with E-state index < -0.39 is 46.9 Å². The van der Waals surface area contributed by atoms with Gasteiger partial charge in [-0.2, -0.15) is 0 Å². The molecule has 0 radical (unpaired) electrons. The first-order valence-electron chi connectivity index (χ1n) is 5.31. The average Bonchev–Trinajstić information content (AvgIpc) is 2.24. The number of hydrogen-bond acceptors (Lipinski definition) is 2. The number of amides is 1. The van der Waals surface area contributed by atoms with Gasteiger partial charge in [0.15, 0.2) is 11.6 Å². The van der Waals surface area contributed by atoms with Crippen molar-refractivity contribution in [3.8, 4) is 0 Å². The Morgan fingerprint density at radius 1 is 1.26 bits per heavy atom. The third-order valence-corrected chi connectivity index (χ3v) is 2.45. The average molecular weight is 275 g/mol. The summed E-state index contributed by atoms with van der Waals surface area (Å²) in [5.74, 6) is -5.95. The van der Waals surface area contributed by atoms with Crippen LogP contribution in [0, 0.1) is 22.9 Å². The molecule has 19 heavy (non-hydrogen) atoms. The van der Waals surface area contributed by atoms with E-state index >= 15 is 0 Å². The number of carbonyl (C=O) groups is 2. The van der Waals surface area contributed by atoms with Crippen LogP contribution in [0.25, 0.3) is 0 Å². The normalized spacial score (nSPS) is 11.2. The van der Waals surface area contributed by atoms with E-state index in [4.69, 9.17) is 5.11 Å². The van der Waals surface area contributed by atoms with Gasteiger partial charge in [0.25, 0.3) is 0 Å². The van der Waals surface area contributed by atoms with Gasteiger partial charge in [-0.15, -0.1) is 0 Å². The second kappa shape index (κ2) is 5.29. The Morgan fingerprint density at radius 2 is 1.84 bits per heavy atom. The summed E-state index contributed by atoms with van der Waals surface area (Å²) < 4.78 is 39.0. The molecule has 0 saturated heterocycles. The summed E-state index contributed by atoms with van der Waals surface area (Å²) in [6.45, 7) is 2.61. The van der Waals surface area contributed by atoms with Gasteiger partial charge in [-0.3, -0.25) is 9.59 Å². The van der Waals surface area contributed by atoms with E-state index in [1.54, 1.807) is 0 Å². The van der Waals surface area contributed by atoms with Crippen LogP contribution in [0.2, 0.25) is 0 Å². The summed E-state index contributed by atoms with van der Waals surface area (Å²) in [6.07, 6.45) is -0.458. The maximum atomic E-state index is 13.3. The lowest BCUT2D eigenvalue weighted by Crippen LogP contribution is -2.29. The SMILES string of the molecule is CC(C)(CC(=O)Nc1cc(F)cc(F)c1F)C(=O)O. The fourth-order valence-electron chi connectivity index (χ4n) is 1.32. The zero-order valence-electron chi connectivity index (χ0n) is 10.3. The van der Waals surface area contributed by atoms with Crippen LogP contribution >= 0.6 is 0 Å². The lowest BCUT2D eigenvalue weighted by molar-refractivity contribution is -0.148. The third kappa shape index (κ3) is 3.70. The molecule has 1 aromatic carbocycles. The number of hydrogen-bond donors (Lipinski definition) is 2. The first-order chi connectivity index (χ1) is 8.63. The highest BCUT2D eigenvalue weighted by atomic mass is 19.2. The Morgan fingerprint density at radius 3 is 2.37 bits per heavy atom. The first kappa shape index (κ1) is 15.0. The van der Waals surface area contributed by atoms with Crippen molar-refractivity contribution in [2.45, 2.75) is 20.3 Å².